The molecule has 1 saturated carbocycles. The number of hydrogen-bond donors (Lipinski definition) is 1. The van der Waals surface area contributed by atoms with Crippen LogP contribution >= 0.6 is 0 Å². The number of esters is 2. The van der Waals surface area contributed by atoms with Crippen molar-refractivity contribution in [3.05, 3.63) is 24.3 Å². The number of carbonyl (C=O) groups excluding carboxylic acids is 2. The first-order chi connectivity index (χ1) is 11.5. The highest BCUT2D eigenvalue weighted by Crippen LogP contribution is 2.40. The van der Waals surface area contributed by atoms with Crippen molar-refractivity contribution in [1.29, 1.82) is 0 Å². The summed E-state index contributed by atoms with van der Waals surface area (Å²) in [6.45, 7) is 3.69. The van der Waals surface area contributed by atoms with Gasteiger partial charge in [-0.25, -0.2) is 4.79 Å². The summed E-state index contributed by atoms with van der Waals surface area (Å²) in [5, 5.41) is 10.5. The van der Waals surface area contributed by atoms with Crippen LogP contribution in [0.3, 0.4) is 0 Å². The maximum absolute atomic E-state index is 11.8. The van der Waals surface area contributed by atoms with Gasteiger partial charge in [0.15, 0.2) is 0 Å². The van der Waals surface area contributed by atoms with E-state index in [2.05, 4.69) is 12.2 Å². The van der Waals surface area contributed by atoms with Crippen LogP contribution in [-0.2, 0) is 19.1 Å². The van der Waals surface area contributed by atoms with E-state index in [0.717, 1.165) is 32.1 Å². The molecule has 0 saturated heterocycles. The van der Waals surface area contributed by atoms with Gasteiger partial charge in [0.1, 0.15) is 0 Å². The van der Waals surface area contributed by atoms with Gasteiger partial charge in [0, 0.05) is 13.0 Å². The molecule has 1 N–H and O–H groups in total. The third-order valence-electron chi connectivity index (χ3n) is 4.83. The lowest BCUT2D eigenvalue weighted by Crippen LogP contribution is -2.22. The Bertz CT molecular complexity index is 496. The van der Waals surface area contributed by atoms with Crippen molar-refractivity contribution < 1.29 is 24.2 Å². The molecule has 0 amide bonds. The molecule has 5 nitrogen and oxygen atoms in total. The molecular formula is C19H28O5. The highest BCUT2D eigenvalue weighted by Gasteiger charge is 2.36. The van der Waals surface area contributed by atoms with Crippen LogP contribution in [-0.4, -0.2) is 35.9 Å². The van der Waals surface area contributed by atoms with Crippen molar-refractivity contribution in [2.24, 2.45) is 17.8 Å². The molecular weight excluding hydrogens is 308 g/mol. The fraction of sp³-hybridized carbons (Fsp3) is 0.684. The zero-order chi connectivity index (χ0) is 17.5. The molecule has 1 aliphatic heterocycles. The van der Waals surface area contributed by atoms with Crippen molar-refractivity contribution in [2.45, 2.75) is 58.2 Å². The number of allylic oxidation sites excluding steroid dienone is 2. The first-order valence-electron chi connectivity index (χ1n) is 8.82. The first kappa shape index (κ1) is 18.7. The Labute approximate surface area is 143 Å². The maximum Gasteiger partial charge on any atom is 0.330 e. The highest BCUT2D eigenvalue weighted by atomic mass is 16.5. The SMILES string of the molecule is CC(=O)OCC1C[C@H]2[C@H](O)/C=C/C(=O)O[C@@H](C)CCC/C=C/[C@@H]2C1. The molecule has 1 unspecified atom stereocenters. The van der Waals surface area contributed by atoms with Crippen LogP contribution in [0.4, 0.5) is 0 Å². The van der Waals surface area contributed by atoms with Gasteiger partial charge < -0.3 is 14.6 Å². The van der Waals surface area contributed by atoms with Gasteiger partial charge in [-0.2, -0.15) is 0 Å². The van der Waals surface area contributed by atoms with E-state index in [1.807, 2.05) is 6.92 Å². The summed E-state index contributed by atoms with van der Waals surface area (Å²) < 4.78 is 10.4. The fourth-order valence-electron chi connectivity index (χ4n) is 3.61. The first-order valence-corrected chi connectivity index (χ1v) is 8.82. The minimum absolute atomic E-state index is 0.0315. The molecule has 134 valence electrons. The zero-order valence-corrected chi connectivity index (χ0v) is 14.5. The summed E-state index contributed by atoms with van der Waals surface area (Å²) in [7, 11) is 0. The number of aliphatic hydroxyl groups excluding tert-OH is 1. The second kappa shape index (κ2) is 9.02. The van der Waals surface area contributed by atoms with Gasteiger partial charge in [0.2, 0.25) is 0 Å². The van der Waals surface area contributed by atoms with Gasteiger partial charge in [0.05, 0.1) is 18.8 Å². The maximum atomic E-state index is 11.8. The van der Waals surface area contributed by atoms with E-state index in [0.29, 0.717) is 6.61 Å². The Kier molecular flexibility index (Phi) is 7.03. The lowest BCUT2D eigenvalue weighted by Gasteiger charge is -2.20. The molecule has 5 atom stereocenters. The molecule has 2 aliphatic rings. The number of hydrogen-bond acceptors (Lipinski definition) is 5. The van der Waals surface area contributed by atoms with Crippen LogP contribution < -0.4 is 0 Å². The van der Waals surface area contributed by atoms with Gasteiger partial charge in [-0.05, 0) is 62.9 Å². The molecule has 24 heavy (non-hydrogen) atoms. The molecule has 0 radical (unpaired) electrons. The molecule has 0 bridgehead atoms. The Morgan fingerprint density at radius 2 is 2.17 bits per heavy atom. The second-order valence-electron chi connectivity index (χ2n) is 6.92. The standard InChI is InChI=1S/C19H28O5/c1-13-6-4-3-5-7-16-10-15(12-23-14(2)20)11-17(16)18(21)8-9-19(22)24-13/h5,7-9,13,15-18,21H,3-4,6,10-12H2,1-2H3/b7-5+,9-8+/t13-,15?,16+,17+,18+/m0/s1. The quantitative estimate of drug-likeness (QED) is 0.620. The highest BCUT2D eigenvalue weighted by molar-refractivity contribution is 5.82. The number of cyclic esters (lactones) is 1. The molecule has 1 heterocycles. The average Bonchev–Trinajstić information content (AvgIpc) is 2.93. The van der Waals surface area contributed by atoms with Crippen molar-refractivity contribution >= 4 is 11.9 Å². The lowest BCUT2D eigenvalue weighted by molar-refractivity contribution is -0.143. The van der Waals surface area contributed by atoms with Crippen molar-refractivity contribution in [3.63, 3.8) is 0 Å². The molecule has 5 heteroatoms. The smallest absolute Gasteiger partial charge is 0.330 e. The predicted molar refractivity (Wildman–Crippen MR) is 90.0 cm³/mol. The third-order valence-corrected chi connectivity index (χ3v) is 4.83. The van der Waals surface area contributed by atoms with Crippen LogP contribution in [0.2, 0.25) is 0 Å². The van der Waals surface area contributed by atoms with Gasteiger partial charge in [-0.15, -0.1) is 0 Å². The number of ether oxygens (including phenoxy) is 2. The predicted octanol–water partition coefficient (Wildman–Crippen LogP) is 2.78. The van der Waals surface area contributed by atoms with Crippen molar-refractivity contribution in [1.82, 2.24) is 0 Å². The molecule has 2 rings (SSSR count). The number of carbonyl (C=O) groups is 2. The van der Waals surface area contributed by atoms with Crippen LogP contribution in [0, 0.1) is 17.8 Å². The van der Waals surface area contributed by atoms with E-state index in [9.17, 15) is 14.7 Å². The van der Waals surface area contributed by atoms with E-state index in [1.165, 1.54) is 19.1 Å². The monoisotopic (exact) mass is 336 g/mol. The average molecular weight is 336 g/mol. The van der Waals surface area contributed by atoms with Crippen molar-refractivity contribution in [2.75, 3.05) is 6.61 Å². The van der Waals surface area contributed by atoms with E-state index in [-0.39, 0.29) is 29.8 Å². The second-order valence-corrected chi connectivity index (χ2v) is 6.92. The zero-order valence-electron chi connectivity index (χ0n) is 14.5. The number of aliphatic hydroxyl groups is 1. The Balaban J connectivity index is 2.06. The largest absolute Gasteiger partial charge is 0.466 e. The molecule has 0 spiro atoms. The molecule has 0 aromatic carbocycles. The van der Waals surface area contributed by atoms with Crippen LogP contribution in [0.25, 0.3) is 0 Å². The Morgan fingerprint density at radius 3 is 2.92 bits per heavy atom. The van der Waals surface area contributed by atoms with Crippen LogP contribution in [0.15, 0.2) is 24.3 Å². The number of rotatable bonds is 2. The Hall–Kier alpha value is -1.62. The molecule has 1 aliphatic carbocycles. The molecule has 0 aromatic rings. The summed E-state index contributed by atoms with van der Waals surface area (Å²) in [6, 6.07) is 0. The summed E-state index contributed by atoms with van der Waals surface area (Å²) >= 11 is 0. The van der Waals surface area contributed by atoms with Gasteiger partial charge in [-0.1, -0.05) is 12.2 Å². The summed E-state index contributed by atoms with van der Waals surface area (Å²) in [4.78, 5) is 22.8. The van der Waals surface area contributed by atoms with Gasteiger partial charge >= 0.3 is 11.9 Å². The van der Waals surface area contributed by atoms with Crippen LogP contribution in [0.1, 0.15) is 46.0 Å². The third kappa shape index (κ3) is 5.78. The summed E-state index contributed by atoms with van der Waals surface area (Å²) in [5.41, 5.74) is 0. The summed E-state index contributed by atoms with van der Waals surface area (Å²) in [6.07, 6.45) is 10.8. The normalized spacial score (nSPS) is 37.1. The minimum atomic E-state index is -0.703. The van der Waals surface area contributed by atoms with Crippen molar-refractivity contribution in [3.8, 4) is 0 Å². The molecule has 1 fully saturated rings. The van der Waals surface area contributed by atoms with E-state index >= 15 is 0 Å². The van der Waals surface area contributed by atoms with E-state index < -0.39 is 12.1 Å². The van der Waals surface area contributed by atoms with Crippen LogP contribution in [0.5, 0.6) is 0 Å². The van der Waals surface area contributed by atoms with E-state index in [1.54, 1.807) is 0 Å². The number of fused-ring (bicyclic) bond motifs is 1. The summed E-state index contributed by atoms with van der Waals surface area (Å²) in [5.74, 6) is -0.162. The lowest BCUT2D eigenvalue weighted by atomic mass is 9.90. The Morgan fingerprint density at radius 1 is 1.38 bits per heavy atom. The molecule has 0 aromatic heterocycles. The minimum Gasteiger partial charge on any atom is -0.466 e. The topological polar surface area (TPSA) is 72.8 Å². The van der Waals surface area contributed by atoms with Gasteiger partial charge in [0.25, 0.3) is 0 Å². The fourth-order valence-corrected chi connectivity index (χ4v) is 3.61. The van der Waals surface area contributed by atoms with Gasteiger partial charge in [-0.3, -0.25) is 4.79 Å². The van der Waals surface area contributed by atoms with E-state index in [4.69, 9.17) is 9.47 Å².